The van der Waals surface area contributed by atoms with E-state index in [1.54, 1.807) is 17.0 Å². The van der Waals surface area contributed by atoms with Crippen LogP contribution < -0.4 is 5.32 Å². The molecule has 0 radical (unpaired) electrons. The van der Waals surface area contributed by atoms with Gasteiger partial charge in [0.25, 0.3) is 0 Å². The first-order valence-corrected chi connectivity index (χ1v) is 8.04. The van der Waals surface area contributed by atoms with E-state index in [2.05, 4.69) is 5.32 Å². The van der Waals surface area contributed by atoms with Crippen molar-refractivity contribution in [2.24, 2.45) is 11.8 Å². The zero-order chi connectivity index (χ0) is 16.6. The monoisotopic (exact) mass is 318 g/mol. The van der Waals surface area contributed by atoms with Crippen LogP contribution in [-0.4, -0.2) is 40.2 Å². The van der Waals surface area contributed by atoms with Crippen LogP contribution in [0.4, 0.5) is 4.79 Å². The van der Waals surface area contributed by atoms with Gasteiger partial charge in [0.05, 0.1) is 12.0 Å². The van der Waals surface area contributed by atoms with Crippen molar-refractivity contribution in [2.75, 3.05) is 13.1 Å². The number of urea groups is 1. The highest BCUT2D eigenvalue weighted by Crippen LogP contribution is 2.36. The molecule has 1 saturated heterocycles. The minimum absolute atomic E-state index is 0.120. The maximum absolute atomic E-state index is 12.5. The molecular formula is C17H22N2O4. The number of fused-ring (bicyclic) bond motifs is 1. The maximum Gasteiger partial charge on any atom is 0.317 e. The Morgan fingerprint density at radius 2 is 2.09 bits per heavy atom. The van der Waals surface area contributed by atoms with E-state index >= 15 is 0 Å². The van der Waals surface area contributed by atoms with Gasteiger partial charge >= 0.3 is 12.0 Å². The average Bonchev–Trinajstić information content (AvgIpc) is 2.91. The van der Waals surface area contributed by atoms with Gasteiger partial charge in [0, 0.05) is 13.1 Å². The number of hydrogen-bond donors (Lipinski definition) is 3. The average molecular weight is 318 g/mol. The highest BCUT2D eigenvalue weighted by molar-refractivity contribution is 5.77. The largest absolute Gasteiger partial charge is 0.508 e. The minimum Gasteiger partial charge on any atom is -0.508 e. The molecule has 3 rings (SSSR count). The van der Waals surface area contributed by atoms with Gasteiger partial charge < -0.3 is 20.4 Å². The van der Waals surface area contributed by atoms with Crippen LogP contribution in [0.2, 0.25) is 0 Å². The van der Waals surface area contributed by atoms with Gasteiger partial charge in [0.1, 0.15) is 5.75 Å². The molecule has 0 bridgehead atoms. The topological polar surface area (TPSA) is 89.9 Å². The molecule has 0 aromatic heterocycles. The Balaban J connectivity index is 1.69. The van der Waals surface area contributed by atoms with Gasteiger partial charge in [-0.3, -0.25) is 4.79 Å². The predicted molar refractivity (Wildman–Crippen MR) is 84.2 cm³/mol. The van der Waals surface area contributed by atoms with Crippen molar-refractivity contribution in [3.05, 3.63) is 29.3 Å². The number of amides is 2. The molecule has 3 atom stereocenters. The van der Waals surface area contributed by atoms with Crippen LogP contribution in [0.3, 0.4) is 0 Å². The SMILES string of the molecule is CC1CC(C(=O)O)CN(C(=O)NC2CCc3c(O)cccc32)C1. The Labute approximate surface area is 135 Å². The van der Waals surface area contributed by atoms with Gasteiger partial charge in [-0.15, -0.1) is 0 Å². The second kappa shape index (κ2) is 6.10. The molecule has 2 amide bonds. The van der Waals surface area contributed by atoms with Gasteiger partial charge in [-0.05, 0) is 42.4 Å². The Morgan fingerprint density at radius 1 is 1.30 bits per heavy atom. The zero-order valence-corrected chi connectivity index (χ0v) is 13.2. The number of piperidine rings is 1. The van der Waals surface area contributed by atoms with Crippen LogP contribution in [0, 0.1) is 11.8 Å². The van der Waals surface area contributed by atoms with Crippen molar-refractivity contribution in [2.45, 2.75) is 32.2 Å². The molecule has 3 N–H and O–H groups in total. The van der Waals surface area contributed by atoms with Crippen molar-refractivity contribution in [3.8, 4) is 5.75 Å². The molecule has 124 valence electrons. The molecule has 6 nitrogen and oxygen atoms in total. The molecule has 3 unspecified atom stereocenters. The summed E-state index contributed by atoms with van der Waals surface area (Å²) in [6, 6.07) is 5.02. The molecule has 0 saturated carbocycles. The molecule has 1 aromatic rings. The van der Waals surface area contributed by atoms with Crippen molar-refractivity contribution in [1.82, 2.24) is 10.2 Å². The number of aliphatic carboxylic acids is 1. The number of phenolic OH excluding ortho intramolecular Hbond substituents is 1. The first-order chi connectivity index (χ1) is 11.0. The normalized spacial score (nSPS) is 26.7. The van der Waals surface area contributed by atoms with E-state index in [-0.39, 0.29) is 30.3 Å². The standard InChI is InChI=1S/C17H22N2O4/c1-10-7-11(16(21)22)9-19(8-10)17(23)18-14-6-5-13-12(14)3-2-4-15(13)20/h2-4,10-11,14,20H,5-9H2,1H3,(H,18,23)(H,21,22). The highest BCUT2D eigenvalue weighted by atomic mass is 16.4. The van der Waals surface area contributed by atoms with E-state index in [1.165, 1.54) is 0 Å². The van der Waals surface area contributed by atoms with E-state index < -0.39 is 11.9 Å². The number of benzene rings is 1. The molecule has 0 spiro atoms. The van der Waals surface area contributed by atoms with Crippen LogP contribution in [0.5, 0.6) is 5.75 Å². The van der Waals surface area contributed by atoms with Gasteiger partial charge in [-0.25, -0.2) is 4.79 Å². The Kier molecular flexibility index (Phi) is 4.15. The third kappa shape index (κ3) is 3.11. The quantitative estimate of drug-likeness (QED) is 0.779. The summed E-state index contributed by atoms with van der Waals surface area (Å²) in [5, 5.41) is 22.1. The van der Waals surface area contributed by atoms with E-state index in [9.17, 15) is 19.8 Å². The molecule has 23 heavy (non-hydrogen) atoms. The van der Waals surface area contributed by atoms with Crippen molar-refractivity contribution >= 4 is 12.0 Å². The second-order valence-corrected chi connectivity index (χ2v) is 6.67. The van der Waals surface area contributed by atoms with E-state index in [1.807, 2.05) is 13.0 Å². The van der Waals surface area contributed by atoms with E-state index in [4.69, 9.17) is 0 Å². The van der Waals surface area contributed by atoms with E-state index in [0.717, 1.165) is 24.0 Å². The predicted octanol–water partition coefficient (Wildman–Crippen LogP) is 2.13. The summed E-state index contributed by atoms with van der Waals surface area (Å²) in [5.41, 5.74) is 1.85. The molecule has 2 aliphatic rings. The van der Waals surface area contributed by atoms with Crippen LogP contribution in [0.15, 0.2) is 18.2 Å². The maximum atomic E-state index is 12.5. The lowest BCUT2D eigenvalue weighted by Crippen LogP contribution is -2.50. The van der Waals surface area contributed by atoms with Gasteiger partial charge in [0.15, 0.2) is 0 Å². The second-order valence-electron chi connectivity index (χ2n) is 6.67. The van der Waals surface area contributed by atoms with Crippen LogP contribution in [-0.2, 0) is 11.2 Å². The third-order valence-electron chi connectivity index (χ3n) is 4.84. The fourth-order valence-corrected chi connectivity index (χ4v) is 3.72. The molecule has 1 aliphatic carbocycles. The van der Waals surface area contributed by atoms with Crippen molar-refractivity contribution in [1.29, 1.82) is 0 Å². The fraction of sp³-hybridized carbons (Fsp3) is 0.529. The molecule has 1 aliphatic heterocycles. The molecule has 1 fully saturated rings. The number of phenols is 1. The number of nitrogens with one attached hydrogen (secondary N) is 1. The zero-order valence-electron chi connectivity index (χ0n) is 13.2. The number of aromatic hydroxyl groups is 1. The van der Waals surface area contributed by atoms with Crippen molar-refractivity contribution in [3.63, 3.8) is 0 Å². The van der Waals surface area contributed by atoms with Crippen LogP contribution in [0.25, 0.3) is 0 Å². The van der Waals surface area contributed by atoms with E-state index in [0.29, 0.717) is 13.0 Å². The molecule has 6 heteroatoms. The molecule has 1 aromatic carbocycles. The van der Waals surface area contributed by atoms with Crippen molar-refractivity contribution < 1.29 is 19.8 Å². The number of carboxylic acids is 1. The fourth-order valence-electron chi connectivity index (χ4n) is 3.72. The van der Waals surface area contributed by atoms with Gasteiger partial charge in [0.2, 0.25) is 0 Å². The summed E-state index contributed by atoms with van der Waals surface area (Å²) in [6.45, 7) is 2.80. The lowest BCUT2D eigenvalue weighted by molar-refractivity contribution is -0.143. The summed E-state index contributed by atoms with van der Waals surface area (Å²) in [4.78, 5) is 25.4. The lowest BCUT2D eigenvalue weighted by Gasteiger charge is -2.35. The minimum atomic E-state index is -0.842. The number of carbonyl (C=O) groups excluding carboxylic acids is 1. The Bertz CT molecular complexity index is 631. The number of carboxylic acid groups (broad SMARTS) is 1. The molecule has 1 heterocycles. The lowest BCUT2D eigenvalue weighted by atomic mass is 9.91. The van der Waals surface area contributed by atoms with Gasteiger partial charge in [-0.1, -0.05) is 19.1 Å². The Hall–Kier alpha value is -2.24. The number of hydrogen-bond acceptors (Lipinski definition) is 3. The highest BCUT2D eigenvalue weighted by Gasteiger charge is 2.33. The first kappa shape index (κ1) is 15.6. The summed E-state index contributed by atoms with van der Waals surface area (Å²) in [6.07, 6.45) is 2.10. The number of rotatable bonds is 2. The first-order valence-electron chi connectivity index (χ1n) is 8.04. The number of likely N-dealkylation sites (tertiary alicyclic amines) is 1. The number of carbonyl (C=O) groups is 2. The van der Waals surface area contributed by atoms with Crippen LogP contribution >= 0.6 is 0 Å². The summed E-state index contributed by atoms with van der Waals surface area (Å²) >= 11 is 0. The summed E-state index contributed by atoms with van der Waals surface area (Å²) in [5.74, 6) is -0.887. The summed E-state index contributed by atoms with van der Waals surface area (Å²) in [7, 11) is 0. The molecular weight excluding hydrogens is 296 g/mol. The third-order valence-corrected chi connectivity index (χ3v) is 4.84. The van der Waals surface area contributed by atoms with Gasteiger partial charge in [-0.2, -0.15) is 0 Å². The smallest absolute Gasteiger partial charge is 0.317 e. The summed E-state index contributed by atoms with van der Waals surface area (Å²) < 4.78 is 0. The Morgan fingerprint density at radius 3 is 2.83 bits per heavy atom. The van der Waals surface area contributed by atoms with Crippen LogP contribution in [0.1, 0.15) is 36.9 Å². The number of nitrogens with zero attached hydrogens (tertiary/aromatic N) is 1.